The number of carboxylic acids is 1. The zero-order chi connectivity index (χ0) is 25.9. The Balaban J connectivity index is 2.03. The monoisotopic (exact) mass is 507 g/mol. The second-order valence-electron chi connectivity index (χ2n) is 8.68. The number of hydrogen-bond acceptors (Lipinski definition) is 7. The number of anilines is 1. The Kier molecular flexibility index (Phi) is 8.18. The van der Waals surface area contributed by atoms with Crippen LogP contribution in [0.5, 0.6) is 5.75 Å². The van der Waals surface area contributed by atoms with Gasteiger partial charge < -0.3 is 20.5 Å². The van der Waals surface area contributed by atoms with Gasteiger partial charge in [-0.15, -0.1) is 0 Å². The Bertz CT molecular complexity index is 1200. The number of piperazine rings is 1. The molecule has 1 saturated heterocycles. The lowest BCUT2D eigenvalue weighted by Gasteiger charge is -2.35. The normalized spacial score (nSPS) is 18.9. The summed E-state index contributed by atoms with van der Waals surface area (Å²) in [7, 11) is -2.38. The molecule has 11 nitrogen and oxygen atoms in total. The van der Waals surface area contributed by atoms with Crippen LogP contribution in [0.4, 0.5) is 5.69 Å². The highest BCUT2D eigenvalue weighted by Gasteiger charge is 2.32. The van der Waals surface area contributed by atoms with E-state index < -0.39 is 21.9 Å². The second kappa shape index (κ2) is 10.8. The zero-order valence-electron chi connectivity index (χ0n) is 20.7. The van der Waals surface area contributed by atoms with Crippen molar-refractivity contribution >= 4 is 27.6 Å². The summed E-state index contributed by atoms with van der Waals surface area (Å²) in [6.45, 7) is 8.36. The molecule has 3 N–H and O–H groups in total. The van der Waals surface area contributed by atoms with Crippen LogP contribution in [0, 0.1) is 0 Å². The minimum absolute atomic E-state index is 0.00760. The average Bonchev–Trinajstić information content (AvgIpc) is 3.08. The van der Waals surface area contributed by atoms with Crippen molar-refractivity contribution in [2.75, 3.05) is 25.0 Å². The summed E-state index contributed by atoms with van der Waals surface area (Å²) in [6, 6.07) is 4.12. The summed E-state index contributed by atoms with van der Waals surface area (Å²) in [4.78, 5) is 25.2. The first-order valence-electron chi connectivity index (χ1n) is 11.6. The average molecular weight is 508 g/mol. The van der Waals surface area contributed by atoms with E-state index >= 15 is 0 Å². The molecule has 0 bridgehead atoms. The van der Waals surface area contributed by atoms with E-state index in [1.54, 1.807) is 6.92 Å². The first-order chi connectivity index (χ1) is 16.5. The van der Waals surface area contributed by atoms with E-state index in [9.17, 15) is 23.1 Å². The van der Waals surface area contributed by atoms with E-state index in [-0.39, 0.29) is 46.3 Å². The molecule has 1 aliphatic rings. The number of ether oxygens (including phenoxy) is 1. The van der Waals surface area contributed by atoms with Gasteiger partial charge in [0.25, 0.3) is 5.91 Å². The Morgan fingerprint density at radius 3 is 2.46 bits per heavy atom. The third-order valence-electron chi connectivity index (χ3n) is 5.70. The summed E-state index contributed by atoms with van der Waals surface area (Å²) < 4.78 is 35.0. The molecule has 1 fully saturated rings. The van der Waals surface area contributed by atoms with Gasteiger partial charge in [0.2, 0.25) is 10.0 Å². The van der Waals surface area contributed by atoms with Gasteiger partial charge in [-0.25, -0.2) is 13.2 Å². The van der Waals surface area contributed by atoms with Crippen LogP contribution in [0.2, 0.25) is 0 Å². The minimum atomic E-state index is -3.88. The topological polar surface area (TPSA) is 143 Å². The number of hydrogen-bond donors (Lipinski definition) is 3. The van der Waals surface area contributed by atoms with Gasteiger partial charge in [-0.1, -0.05) is 13.3 Å². The zero-order valence-corrected chi connectivity index (χ0v) is 21.5. The fourth-order valence-corrected chi connectivity index (χ4v) is 5.94. The molecule has 1 aromatic carbocycles. The third kappa shape index (κ3) is 5.65. The Morgan fingerprint density at radius 1 is 1.23 bits per heavy atom. The molecule has 1 aromatic heterocycles. The summed E-state index contributed by atoms with van der Waals surface area (Å²) in [5.74, 6) is -1.72. The second-order valence-corrected chi connectivity index (χ2v) is 10.6. The summed E-state index contributed by atoms with van der Waals surface area (Å²) in [5, 5.41) is 19.9. The van der Waals surface area contributed by atoms with Crippen LogP contribution in [0.15, 0.2) is 23.1 Å². The highest BCUT2D eigenvalue weighted by Crippen LogP contribution is 2.29. The van der Waals surface area contributed by atoms with Gasteiger partial charge in [0, 0.05) is 32.2 Å². The summed E-state index contributed by atoms with van der Waals surface area (Å²) in [6.07, 6.45) is 1.15. The number of nitrogens with zero attached hydrogens (tertiary/aromatic N) is 3. The predicted octanol–water partition coefficient (Wildman–Crippen LogP) is 2.09. The van der Waals surface area contributed by atoms with E-state index in [0.717, 1.165) is 0 Å². The fourth-order valence-electron chi connectivity index (χ4n) is 4.30. The molecule has 0 aliphatic carbocycles. The van der Waals surface area contributed by atoms with Crippen molar-refractivity contribution in [3.8, 4) is 5.75 Å². The van der Waals surface area contributed by atoms with Gasteiger partial charge in [-0.05, 0) is 45.4 Å². The van der Waals surface area contributed by atoms with E-state index in [2.05, 4.69) is 15.7 Å². The molecule has 2 heterocycles. The van der Waals surface area contributed by atoms with Gasteiger partial charge in [0.1, 0.15) is 5.75 Å². The number of rotatable bonds is 9. The van der Waals surface area contributed by atoms with Crippen LogP contribution in [0.25, 0.3) is 0 Å². The maximum atomic E-state index is 13.4. The molecule has 1 amide bonds. The van der Waals surface area contributed by atoms with Crippen molar-refractivity contribution in [3.63, 3.8) is 0 Å². The number of carbonyl (C=O) groups is 2. The number of aromatic nitrogens is 2. The first kappa shape index (κ1) is 26.6. The molecule has 0 saturated carbocycles. The molecule has 0 spiro atoms. The fraction of sp³-hybridized carbons (Fsp3) is 0.522. The number of carboxylic acid groups (broad SMARTS) is 1. The summed E-state index contributed by atoms with van der Waals surface area (Å²) in [5.41, 5.74) is 0.359. The maximum absolute atomic E-state index is 13.4. The Labute approximate surface area is 205 Å². The highest BCUT2D eigenvalue weighted by molar-refractivity contribution is 7.89. The van der Waals surface area contributed by atoms with E-state index in [1.165, 1.54) is 34.2 Å². The highest BCUT2D eigenvalue weighted by atomic mass is 32.2. The van der Waals surface area contributed by atoms with Gasteiger partial charge in [-0.3, -0.25) is 9.48 Å². The van der Waals surface area contributed by atoms with Crippen LogP contribution >= 0.6 is 0 Å². The molecule has 2 unspecified atom stereocenters. The van der Waals surface area contributed by atoms with Gasteiger partial charge in [0.15, 0.2) is 5.69 Å². The molecular formula is C23H33N5O6S. The number of amides is 1. The molecule has 0 radical (unpaired) electrons. The lowest BCUT2D eigenvalue weighted by atomic mass is 10.1. The van der Waals surface area contributed by atoms with Crippen LogP contribution in [0.3, 0.4) is 0 Å². The van der Waals surface area contributed by atoms with Crippen molar-refractivity contribution in [2.24, 2.45) is 7.05 Å². The predicted molar refractivity (Wildman–Crippen MR) is 131 cm³/mol. The summed E-state index contributed by atoms with van der Waals surface area (Å²) >= 11 is 0. The Morgan fingerprint density at radius 2 is 1.89 bits per heavy atom. The number of benzene rings is 1. The molecule has 2 aromatic rings. The van der Waals surface area contributed by atoms with Crippen LogP contribution < -0.4 is 15.4 Å². The molecule has 192 valence electrons. The minimum Gasteiger partial charge on any atom is -0.493 e. The van der Waals surface area contributed by atoms with E-state index in [1.807, 2.05) is 20.8 Å². The van der Waals surface area contributed by atoms with Gasteiger partial charge >= 0.3 is 5.97 Å². The van der Waals surface area contributed by atoms with Crippen molar-refractivity contribution in [1.82, 2.24) is 19.4 Å². The van der Waals surface area contributed by atoms with Crippen LogP contribution in [-0.4, -0.2) is 71.3 Å². The third-order valence-corrected chi connectivity index (χ3v) is 7.53. The van der Waals surface area contributed by atoms with Crippen molar-refractivity contribution < 1.29 is 27.9 Å². The van der Waals surface area contributed by atoms with E-state index in [4.69, 9.17) is 4.74 Å². The van der Waals surface area contributed by atoms with Gasteiger partial charge in [0.05, 0.1) is 28.4 Å². The molecule has 2 atom stereocenters. The van der Waals surface area contributed by atoms with Crippen molar-refractivity contribution in [3.05, 3.63) is 35.2 Å². The number of sulfonamides is 1. The van der Waals surface area contributed by atoms with Gasteiger partial charge in [-0.2, -0.15) is 9.40 Å². The number of carbonyl (C=O) groups excluding carboxylic acids is 1. The molecule has 3 rings (SSSR count). The first-order valence-corrected chi connectivity index (χ1v) is 13.1. The SMILES string of the molecule is CCCc1nn(C)c(C(=O)O)c1NC(=O)c1cc(S(=O)(=O)N2CC(C)NC(C)C2)ccc1OCC. The largest absolute Gasteiger partial charge is 0.493 e. The molecular weight excluding hydrogens is 474 g/mol. The lowest BCUT2D eigenvalue weighted by Crippen LogP contribution is -2.55. The van der Waals surface area contributed by atoms with Crippen LogP contribution in [-0.2, 0) is 23.5 Å². The number of aryl methyl sites for hydroxylation is 2. The quantitative estimate of drug-likeness (QED) is 0.468. The number of aromatic carboxylic acids is 1. The van der Waals surface area contributed by atoms with E-state index in [0.29, 0.717) is 31.6 Å². The van der Waals surface area contributed by atoms with Crippen molar-refractivity contribution in [1.29, 1.82) is 0 Å². The van der Waals surface area contributed by atoms with Crippen molar-refractivity contribution in [2.45, 2.75) is 57.5 Å². The Hall–Kier alpha value is -2.96. The smallest absolute Gasteiger partial charge is 0.356 e. The molecule has 35 heavy (non-hydrogen) atoms. The molecule has 12 heteroatoms. The lowest BCUT2D eigenvalue weighted by molar-refractivity contribution is 0.0686. The number of nitrogens with one attached hydrogen (secondary N) is 2. The van der Waals surface area contributed by atoms with Crippen LogP contribution in [0.1, 0.15) is 60.7 Å². The standard InChI is InChI=1S/C23H33N5O6S/c1-6-8-18-20(21(23(30)31)27(5)26-18)25-22(29)17-11-16(9-10-19(17)34-7-2)35(32,33)28-12-14(3)24-15(4)13-28/h9-11,14-15,24H,6-8,12-13H2,1-5H3,(H,25,29)(H,30,31). The maximum Gasteiger partial charge on any atom is 0.356 e. The molecule has 1 aliphatic heterocycles.